The van der Waals surface area contributed by atoms with Gasteiger partial charge in [0.1, 0.15) is 5.75 Å². The minimum atomic E-state index is -0.0307. The van der Waals surface area contributed by atoms with Crippen LogP contribution < -0.4 is 10.4 Å². The molecule has 0 unspecified atom stereocenters. The Morgan fingerprint density at radius 1 is 1.05 bits per heavy atom. The highest BCUT2D eigenvalue weighted by Crippen LogP contribution is 2.20. The number of hydrogen-bond acceptors (Lipinski definition) is 3. The monoisotopic (exact) mass is 295 g/mol. The molecule has 0 aliphatic carbocycles. The van der Waals surface area contributed by atoms with E-state index in [2.05, 4.69) is 4.99 Å². The number of aromatic nitrogens is 2. The Labute approximate surface area is 128 Å². The lowest BCUT2D eigenvalue weighted by Gasteiger charge is -2.00. The third-order valence-corrected chi connectivity index (χ3v) is 3.71. The number of imidazole rings is 1. The van der Waals surface area contributed by atoms with Gasteiger partial charge in [0.2, 0.25) is 0 Å². The lowest BCUT2D eigenvalue weighted by Crippen LogP contribution is -2.19. The highest BCUT2D eigenvalue weighted by molar-refractivity contribution is 5.88. The summed E-state index contributed by atoms with van der Waals surface area (Å²) in [5.41, 5.74) is 3.53. The van der Waals surface area contributed by atoms with Gasteiger partial charge in [-0.05, 0) is 29.8 Å². The second-order valence-electron chi connectivity index (χ2n) is 5.11. The minimum absolute atomic E-state index is 0.0307. The molecule has 0 saturated carbocycles. The summed E-state index contributed by atoms with van der Waals surface area (Å²) in [7, 11) is 5.18. The molecule has 0 amide bonds. The predicted octanol–water partition coefficient (Wildman–Crippen LogP) is 2.64. The van der Waals surface area contributed by atoms with Crippen molar-refractivity contribution in [1.82, 2.24) is 9.13 Å². The van der Waals surface area contributed by atoms with Crippen LogP contribution in [0.4, 0.5) is 5.69 Å². The number of methoxy groups -OCH3 is 1. The van der Waals surface area contributed by atoms with Crippen LogP contribution in [-0.4, -0.2) is 22.5 Å². The summed E-state index contributed by atoms with van der Waals surface area (Å²) < 4.78 is 8.46. The Morgan fingerprint density at radius 2 is 1.82 bits per heavy atom. The number of rotatable bonds is 3. The van der Waals surface area contributed by atoms with Crippen molar-refractivity contribution >= 4 is 22.9 Å². The van der Waals surface area contributed by atoms with Crippen molar-refractivity contribution in [3.63, 3.8) is 0 Å². The zero-order chi connectivity index (χ0) is 15.7. The molecule has 0 aliphatic heterocycles. The summed E-state index contributed by atoms with van der Waals surface area (Å²) in [6.07, 6.45) is 1.78. The van der Waals surface area contributed by atoms with Crippen molar-refractivity contribution in [1.29, 1.82) is 0 Å². The van der Waals surface area contributed by atoms with E-state index >= 15 is 0 Å². The molecule has 5 heteroatoms. The highest BCUT2D eigenvalue weighted by Gasteiger charge is 2.07. The molecule has 0 aliphatic rings. The number of benzene rings is 2. The smallest absolute Gasteiger partial charge is 0.328 e. The molecule has 112 valence electrons. The van der Waals surface area contributed by atoms with Gasteiger partial charge in [0.25, 0.3) is 0 Å². The van der Waals surface area contributed by atoms with Crippen molar-refractivity contribution in [2.45, 2.75) is 0 Å². The summed E-state index contributed by atoms with van der Waals surface area (Å²) in [5, 5.41) is 0. The molecule has 0 bridgehead atoms. The van der Waals surface area contributed by atoms with Gasteiger partial charge in [0, 0.05) is 26.4 Å². The van der Waals surface area contributed by atoms with E-state index in [1.807, 2.05) is 42.5 Å². The first kappa shape index (κ1) is 14.1. The molecular formula is C17H17N3O2. The van der Waals surface area contributed by atoms with E-state index in [0.717, 1.165) is 28.0 Å². The molecule has 22 heavy (non-hydrogen) atoms. The fourth-order valence-corrected chi connectivity index (χ4v) is 2.44. The topological polar surface area (TPSA) is 48.5 Å². The van der Waals surface area contributed by atoms with E-state index in [1.54, 1.807) is 36.6 Å². The molecule has 3 aromatic rings. The average Bonchev–Trinajstić information content (AvgIpc) is 2.77. The Kier molecular flexibility index (Phi) is 3.55. The van der Waals surface area contributed by atoms with Gasteiger partial charge in [-0.2, -0.15) is 0 Å². The van der Waals surface area contributed by atoms with Crippen molar-refractivity contribution < 1.29 is 4.74 Å². The summed E-state index contributed by atoms with van der Waals surface area (Å²) in [5.74, 6) is 0.774. The lowest BCUT2D eigenvalue weighted by atomic mass is 10.2. The molecule has 5 nitrogen and oxygen atoms in total. The van der Waals surface area contributed by atoms with Crippen LogP contribution in [0.1, 0.15) is 5.56 Å². The number of nitrogens with zero attached hydrogens (tertiary/aromatic N) is 3. The van der Waals surface area contributed by atoms with Gasteiger partial charge in [-0.1, -0.05) is 12.1 Å². The fraction of sp³-hybridized carbons (Fsp3) is 0.176. The molecule has 0 N–H and O–H groups in total. The van der Waals surface area contributed by atoms with E-state index in [4.69, 9.17) is 4.74 Å². The van der Waals surface area contributed by atoms with Crippen LogP contribution in [0.2, 0.25) is 0 Å². The number of aryl methyl sites for hydroxylation is 2. The van der Waals surface area contributed by atoms with Crippen molar-refractivity contribution in [3.8, 4) is 5.75 Å². The molecule has 1 aromatic heterocycles. The van der Waals surface area contributed by atoms with Crippen molar-refractivity contribution in [2.24, 2.45) is 19.1 Å². The Morgan fingerprint density at radius 3 is 2.59 bits per heavy atom. The molecule has 0 spiro atoms. The number of fused-ring (bicyclic) bond motifs is 1. The van der Waals surface area contributed by atoms with Crippen LogP contribution in [-0.2, 0) is 14.1 Å². The Bertz CT molecular complexity index is 919. The van der Waals surface area contributed by atoms with Crippen LogP contribution in [0.3, 0.4) is 0 Å². The van der Waals surface area contributed by atoms with Crippen LogP contribution >= 0.6 is 0 Å². The van der Waals surface area contributed by atoms with Crippen LogP contribution in [0.5, 0.6) is 5.75 Å². The average molecular weight is 295 g/mol. The molecule has 0 saturated heterocycles. The first-order valence-electron chi connectivity index (χ1n) is 6.94. The third-order valence-electron chi connectivity index (χ3n) is 3.71. The van der Waals surface area contributed by atoms with Gasteiger partial charge in [-0.25, -0.2) is 4.79 Å². The first-order chi connectivity index (χ1) is 10.6. The van der Waals surface area contributed by atoms with Gasteiger partial charge in [0.05, 0.1) is 23.8 Å². The lowest BCUT2D eigenvalue weighted by molar-refractivity contribution is 0.415. The highest BCUT2D eigenvalue weighted by atomic mass is 16.5. The van der Waals surface area contributed by atoms with Gasteiger partial charge >= 0.3 is 5.69 Å². The van der Waals surface area contributed by atoms with Crippen molar-refractivity contribution in [2.75, 3.05) is 7.11 Å². The maximum Gasteiger partial charge on any atom is 0.328 e. The van der Waals surface area contributed by atoms with E-state index < -0.39 is 0 Å². The van der Waals surface area contributed by atoms with Gasteiger partial charge in [-0.3, -0.25) is 14.1 Å². The van der Waals surface area contributed by atoms with E-state index in [0.29, 0.717) is 0 Å². The Hall–Kier alpha value is -2.82. The number of ether oxygens (including phenoxy) is 1. The summed E-state index contributed by atoms with van der Waals surface area (Å²) in [6.45, 7) is 0. The minimum Gasteiger partial charge on any atom is -0.497 e. The molecule has 0 radical (unpaired) electrons. The SMILES string of the molecule is COc1cccc(/N=C/c2ccc3c(c2)n(C)c(=O)n3C)c1. The van der Waals surface area contributed by atoms with Crippen molar-refractivity contribution in [3.05, 3.63) is 58.5 Å². The number of aliphatic imine (C=N–C) groups is 1. The van der Waals surface area contributed by atoms with E-state index in [-0.39, 0.29) is 5.69 Å². The largest absolute Gasteiger partial charge is 0.497 e. The van der Waals surface area contributed by atoms with E-state index in [1.165, 1.54) is 0 Å². The maximum atomic E-state index is 11.9. The zero-order valence-electron chi connectivity index (χ0n) is 12.8. The van der Waals surface area contributed by atoms with Gasteiger partial charge in [0.15, 0.2) is 0 Å². The second kappa shape index (κ2) is 5.52. The third kappa shape index (κ3) is 2.41. The second-order valence-corrected chi connectivity index (χ2v) is 5.11. The summed E-state index contributed by atoms with van der Waals surface area (Å²) in [6, 6.07) is 13.4. The van der Waals surface area contributed by atoms with Crippen LogP contribution in [0, 0.1) is 0 Å². The number of hydrogen-bond donors (Lipinski definition) is 0. The Balaban J connectivity index is 1.98. The predicted molar refractivity (Wildman–Crippen MR) is 88.4 cm³/mol. The van der Waals surface area contributed by atoms with E-state index in [9.17, 15) is 4.79 Å². The van der Waals surface area contributed by atoms with Crippen LogP contribution in [0.15, 0.2) is 52.3 Å². The van der Waals surface area contributed by atoms with Crippen LogP contribution in [0.25, 0.3) is 11.0 Å². The molecule has 0 atom stereocenters. The quantitative estimate of drug-likeness (QED) is 0.697. The standard InChI is InChI=1S/C17H17N3O2/c1-19-15-8-7-12(9-16(15)20(2)17(19)21)11-18-13-5-4-6-14(10-13)22-3/h4-11H,1-3H3/b18-11+. The normalized spacial score (nSPS) is 11.4. The summed E-state index contributed by atoms with van der Waals surface area (Å²) >= 11 is 0. The molecule has 3 rings (SSSR count). The first-order valence-corrected chi connectivity index (χ1v) is 6.94. The molecule has 1 heterocycles. The molecular weight excluding hydrogens is 278 g/mol. The maximum absolute atomic E-state index is 11.9. The molecule has 0 fully saturated rings. The zero-order valence-corrected chi connectivity index (χ0v) is 12.8. The molecule has 2 aromatic carbocycles. The fourth-order valence-electron chi connectivity index (χ4n) is 2.44. The van der Waals surface area contributed by atoms with Gasteiger partial charge < -0.3 is 4.74 Å². The summed E-state index contributed by atoms with van der Waals surface area (Å²) in [4.78, 5) is 16.4. The van der Waals surface area contributed by atoms with Gasteiger partial charge in [-0.15, -0.1) is 0 Å².